The van der Waals surface area contributed by atoms with Crippen LogP contribution in [-0.2, 0) is 0 Å². The Hall–Kier alpha value is -2.23. The molecule has 0 radical (unpaired) electrons. The molecule has 3 aromatic rings. The molecule has 0 atom stereocenters. The molecule has 0 unspecified atom stereocenters. The Labute approximate surface area is 139 Å². The Morgan fingerprint density at radius 3 is 2.73 bits per heavy atom. The van der Waals surface area contributed by atoms with Crippen LogP contribution in [0.25, 0.3) is 10.2 Å². The lowest BCUT2D eigenvalue weighted by Crippen LogP contribution is -2.21. The van der Waals surface area contributed by atoms with Gasteiger partial charge in [0.15, 0.2) is 11.1 Å². The molecule has 0 saturated carbocycles. The maximum atomic E-state index is 12.1. The first kappa shape index (κ1) is 16.1. The quantitative estimate of drug-likeness (QED) is 0.492. The Kier molecular flexibility index (Phi) is 4.91. The number of para-hydroxylation sites is 1. The van der Waals surface area contributed by atoms with Gasteiger partial charge in [0.25, 0.3) is 5.91 Å². The number of fused-ring (bicyclic) bond motifs is 1. The van der Waals surface area contributed by atoms with Crippen LogP contribution in [0.3, 0.4) is 0 Å². The van der Waals surface area contributed by atoms with Crippen molar-refractivity contribution < 1.29 is 4.79 Å². The molecule has 2 heterocycles. The van der Waals surface area contributed by atoms with E-state index < -0.39 is 0 Å². The summed E-state index contributed by atoms with van der Waals surface area (Å²) in [7, 11) is 0. The van der Waals surface area contributed by atoms with Crippen molar-refractivity contribution in [2.45, 2.75) is 0 Å². The molecule has 0 fully saturated rings. The van der Waals surface area contributed by atoms with Gasteiger partial charge in [0.1, 0.15) is 5.69 Å². The fourth-order valence-corrected chi connectivity index (χ4v) is 3.16. The van der Waals surface area contributed by atoms with Crippen LogP contribution in [-0.4, -0.2) is 21.8 Å². The summed E-state index contributed by atoms with van der Waals surface area (Å²) in [5.41, 5.74) is 11.6. The predicted octanol–water partition coefficient (Wildman–Crippen LogP) is 2.33. The first-order chi connectivity index (χ1) is 10.1. The van der Waals surface area contributed by atoms with Crippen molar-refractivity contribution in [2.75, 3.05) is 5.32 Å². The van der Waals surface area contributed by atoms with E-state index in [4.69, 9.17) is 11.5 Å². The van der Waals surface area contributed by atoms with E-state index in [0.717, 1.165) is 10.2 Å². The average Bonchev–Trinajstić information content (AvgIpc) is 3.03. The molecule has 3 rings (SSSR count). The number of aromatic nitrogens is 2. The SMILES string of the molecule is Cl.NC(N)=Nc1nc(C(=O)Nc2nc3ccccc3s2)cs1. The number of hydrogen-bond donors (Lipinski definition) is 3. The molecular weight excluding hydrogens is 344 g/mol. The van der Waals surface area contributed by atoms with Crippen molar-refractivity contribution in [3.63, 3.8) is 0 Å². The van der Waals surface area contributed by atoms with Gasteiger partial charge < -0.3 is 11.5 Å². The van der Waals surface area contributed by atoms with Crippen molar-refractivity contribution in [1.29, 1.82) is 0 Å². The number of rotatable bonds is 3. The fraction of sp³-hybridized carbons (Fsp3) is 0. The van der Waals surface area contributed by atoms with E-state index in [1.807, 2.05) is 24.3 Å². The molecule has 0 aliphatic heterocycles. The van der Waals surface area contributed by atoms with Crippen molar-refractivity contribution in [3.8, 4) is 0 Å². The number of nitrogens with one attached hydrogen (secondary N) is 1. The number of thiazole rings is 2. The van der Waals surface area contributed by atoms with Crippen molar-refractivity contribution in [3.05, 3.63) is 35.3 Å². The van der Waals surface area contributed by atoms with E-state index in [9.17, 15) is 4.79 Å². The minimum absolute atomic E-state index is 0. The van der Waals surface area contributed by atoms with E-state index in [-0.39, 0.29) is 30.0 Å². The standard InChI is InChI=1S/C12H10N6OS2.ClH/c13-10(14)18-11-16-7(5-20-11)9(19)17-12-15-6-3-1-2-4-8(6)21-12;/h1-5H,(H,15,17,19)(H4,13,14,16,18);1H. The van der Waals surface area contributed by atoms with Crippen LogP contribution in [0.5, 0.6) is 0 Å². The first-order valence-corrected chi connectivity index (χ1v) is 7.53. The molecule has 10 heteroatoms. The molecule has 5 N–H and O–H groups in total. The molecule has 0 saturated heterocycles. The summed E-state index contributed by atoms with van der Waals surface area (Å²) in [5, 5.41) is 5.17. The van der Waals surface area contributed by atoms with Gasteiger partial charge in [-0.2, -0.15) is 4.99 Å². The number of aliphatic imine (C=N–C) groups is 1. The number of anilines is 1. The van der Waals surface area contributed by atoms with Crippen LogP contribution in [0.15, 0.2) is 34.6 Å². The van der Waals surface area contributed by atoms with Gasteiger partial charge >= 0.3 is 0 Å². The smallest absolute Gasteiger partial charge is 0.276 e. The summed E-state index contributed by atoms with van der Waals surface area (Å²) >= 11 is 2.59. The number of carbonyl (C=O) groups is 1. The summed E-state index contributed by atoms with van der Waals surface area (Å²) in [6.45, 7) is 0. The topological polar surface area (TPSA) is 119 Å². The number of guanidine groups is 1. The number of halogens is 1. The second-order valence-corrected chi connectivity index (χ2v) is 5.86. The number of amides is 1. The summed E-state index contributed by atoms with van der Waals surface area (Å²) in [4.78, 5) is 24.2. The Morgan fingerprint density at radius 2 is 2.00 bits per heavy atom. The lowest BCUT2D eigenvalue weighted by Gasteiger charge is -1.96. The zero-order valence-electron chi connectivity index (χ0n) is 11.0. The second kappa shape index (κ2) is 6.69. The van der Waals surface area contributed by atoms with Crippen LogP contribution in [0.2, 0.25) is 0 Å². The molecular formula is C12H11ClN6OS2. The van der Waals surface area contributed by atoms with E-state index in [0.29, 0.717) is 10.3 Å². The maximum absolute atomic E-state index is 12.1. The molecule has 2 aromatic heterocycles. The number of nitrogens with two attached hydrogens (primary N) is 2. The fourth-order valence-electron chi connectivity index (χ4n) is 1.62. The predicted molar refractivity (Wildman–Crippen MR) is 92.4 cm³/mol. The van der Waals surface area contributed by atoms with Gasteiger partial charge in [-0.15, -0.1) is 23.7 Å². The van der Waals surface area contributed by atoms with Crippen molar-refractivity contribution in [2.24, 2.45) is 16.5 Å². The zero-order chi connectivity index (χ0) is 14.8. The van der Waals surface area contributed by atoms with E-state index in [1.54, 1.807) is 5.38 Å². The lowest BCUT2D eigenvalue weighted by molar-refractivity contribution is 0.102. The molecule has 22 heavy (non-hydrogen) atoms. The molecule has 1 aromatic carbocycles. The average molecular weight is 355 g/mol. The van der Waals surface area contributed by atoms with Gasteiger partial charge in [0.05, 0.1) is 10.2 Å². The third-order valence-electron chi connectivity index (χ3n) is 2.46. The normalized spacial score (nSPS) is 10.0. The second-order valence-electron chi connectivity index (χ2n) is 3.99. The molecule has 0 bridgehead atoms. The molecule has 7 nitrogen and oxygen atoms in total. The first-order valence-electron chi connectivity index (χ1n) is 5.84. The highest BCUT2D eigenvalue weighted by atomic mass is 35.5. The minimum atomic E-state index is -0.345. The molecule has 0 aliphatic carbocycles. The monoisotopic (exact) mass is 354 g/mol. The van der Waals surface area contributed by atoms with Crippen LogP contribution < -0.4 is 16.8 Å². The lowest BCUT2D eigenvalue weighted by atomic mass is 10.3. The molecule has 0 aliphatic rings. The number of nitrogens with zero attached hydrogens (tertiary/aromatic N) is 3. The van der Waals surface area contributed by atoms with Gasteiger partial charge in [-0.1, -0.05) is 23.5 Å². The third-order valence-corrected chi connectivity index (χ3v) is 4.15. The number of benzene rings is 1. The van der Waals surface area contributed by atoms with Gasteiger partial charge in [-0.3, -0.25) is 10.1 Å². The van der Waals surface area contributed by atoms with Crippen molar-refractivity contribution in [1.82, 2.24) is 9.97 Å². The van der Waals surface area contributed by atoms with Crippen LogP contribution in [0, 0.1) is 0 Å². The largest absolute Gasteiger partial charge is 0.370 e. The van der Waals surface area contributed by atoms with E-state index in [2.05, 4.69) is 20.3 Å². The van der Waals surface area contributed by atoms with E-state index in [1.165, 1.54) is 22.7 Å². The Morgan fingerprint density at radius 1 is 1.23 bits per heavy atom. The Bertz CT molecular complexity index is 806. The van der Waals surface area contributed by atoms with Crippen LogP contribution >= 0.6 is 35.1 Å². The summed E-state index contributed by atoms with van der Waals surface area (Å²) in [6, 6.07) is 7.66. The molecule has 0 spiro atoms. The highest BCUT2D eigenvalue weighted by Gasteiger charge is 2.13. The summed E-state index contributed by atoms with van der Waals surface area (Å²) in [6.07, 6.45) is 0. The van der Waals surface area contributed by atoms with E-state index >= 15 is 0 Å². The van der Waals surface area contributed by atoms with Gasteiger partial charge in [0.2, 0.25) is 5.13 Å². The Balaban J connectivity index is 0.00000176. The number of carbonyl (C=O) groups excluding carboxylic acids is 1. The number of hydrogen-bond acceptors (Lipinski definition) is 6. The van der Waals surface area contributed by atoms with Crippen molar-refractivity contribution >= 4 is 67.4 Å². The summed E-state index contributed by atoms with van der Waals surface area (Å²) < 4.78 is 1.01. The van der Waals surface area contributed by atoms with Gasteiger partial charge in [-0.05, 0) is 12.1 Å². The highest BCUT2D eigenvalue weighted by Crippen LogP contribution is 2.26. The molecule has 1 amide bonds. The zero-order valence-corrected chi connectivity index (χ0v) is 13.5. The van der Waals surface area contributed by atoms with Crippen LogP contribution in [0.4, 0.5) is 10.3 Å². The van der Waals surface area contributed by atoms with Crippen LogP contribution in [0.1, 0.15) is 10.5 Å². The maximum Gasteiger partial charge on any atom is 0.276 e. The minimum Gasteiger partial charge on any atom is -0.370 e. The highest BCUT2D eigenvalue weighted by molar-refractivity contribution is 7.22. The molecule has 114 valence electrons. The third kappa shape index (κ3) is 3.50. The summed E-state index contributed by atoms with van der Waals surface area (Å²) in [5.74, 6) is -0.440. The van der Waals surface area contributed by atoms with Gasteiger partial charge in [-0.25, -0.2) is 9.97 Å². The van der Waals surface area contributed by atoms with Gasteiger partial charge in [0, 0.05) is 5.38 Å².